The first-order valence-electron chi connectivity index (χ1n) is 5.54. The van der Waals surface area contributed by atoms with E-state index in [0.29, 0.717) is 0 Å². The summed E-state index contributed by atoms with van der Waals surface area (Å²) in [5.74, 6) is 0. The van der Waals surface area contributed by atoms with Gasteiger partial charge in [-0.05, 0) is 23.8 Å². The average Bonchev–Trinajstić information content (AvgIpc) is 2.92. The molecule has 18 heavy (non-hydrogen) atoms. The zero-order chi connectivity index (χ0) is 12.4. The summed E-state index contributed by atoms with van der Waals surface area (Å²) in [5, 5.41) is 4.19. The number of rotatable bonds is 2. The van der Waals surface area contributed by atoms with Crippen molar-refractivity contribution in [3.8, 4) is 16.8 Å². The molecule has 0 atom stereocenters. The van der Waals surface area contributed by atoms with Crippen LogP contribution in [0.15, 0.2) is 65.7 Å². The number of para-hydroxylation sites is 1. The summed E-state index contributed by atoms with van der Waals surface area (Å²) >= 11 is 3.50. The Morgan fingerprint density at radius 3 is 2.67 bits per heavy atom. The van der Waals surface area contributed by atoms with Crippen LogP contribution in [0.25, 0.3) is 16.8 Å². The smallest absolute Gasteiger partial charge is 0.138 e. The van der Waals surface area contributed by atoms with Gasteiger partial charge in [-0.15, -0.1) is 0 Å². The number of hydrogen-bond acceptors (Lipinski definition) is 2. The molecule has 0 bridgehead atoms. The molecule has 3 nitrogen and oxygen atoms in total. The van der Waals surface area contributed by atoms with Crippen molar-refractivity contribution < 1.29 is 0 Å². The van der Waals surface area contributed by atoms with Crippen molar-refractivity contribution in [1.82, 2.24) is 14.8 Å². The first-order valence-corrected chi connectivity index (χ1v) is 6.34. The topological polar surface area (TPSA) is 30.7 Å². The molecule has 88 valence electrons. The normalized spacial score (nSPS) is 10.5. The second-order valence-corrected chi connectivity index (χ2v) is 4.78. The Morgan fingerprint density at radius 2 is 1.89 bits per heavy atom. The molecule has 0 spiro atoms. The fraction of sp³-hybridized carbons (Fsp3) is 0. The van der Waals surface area contributed by atoms with Gasteiger partial charge >= 0.3 is 0 Å². The fourth-order valence-corrected chi connectivity index (χ4v) is 2.31. The standard InChI is InChI=1S/C14H10BrN3/c15-12-5-3-4-11(8-12)13-6-1-2-7-14(13)18-10-16-9-17-18/h1-10H. The summed E-state index contributed by atoms with van der Waals surface area (Å²) in [6.07, 6.45) is 3.24. The van der Waals surface area contributed by atoms with E-state index in [0.717, 1.165) is 21.3 Å². The zero-order valence-electron chi connectivity index (χ0n) is 9.49. The lowest BCUT2D eigenvalue weighted by Crippen LogP contribution is -1.97. The van der Waals surface area contributed by atoms with E-state index >= 15 is 0 Å². The number of nitrogens with zero attached hydrogens (tertiary/aromatic N) is 3. The Bertz CT molecular complexity index is 662. The molecule has 0 aliphatic rings. The van der Waals surface area contributed by atoms with Gasteiger partial charge < -0.3 is 0 Å². The van der Waals surface area contributed by atoms with Gasteiger partial charge in [-0.2, -0.15) is 5.10 Å². The molecule has 0 N–H and O–H groups in total. The maximum Gasteiger partial charge on any atom is 0.138 e. The van der Waals surface area contributed by atoms with Crippen molar-refractivity contribution in [2.45, 2.75) is 0 Å². The van der Waals surface area contributed by atoms with Crippen LogP contribution in [0.4, 0.5) is 0 Å². The van der Waals surface area contributed by atoms with Crippen molar-refractivity contribution in [2.24, 2.45) is 0 Å². The number of hydrogen-bond donors (Lipinski definition) is 0. The predicted octanol–water partition coefficient (Wildman–Crippen LogP) is 3.70. The lowest BCUT2D eigenvalue weighted by molar-refractivity contribution is 0.881. The molecule has 3 rings (SSSR count). The van der Waals surface area contributed by atoms with Gasteiger partial charge in [-0.25, -0.2) is 9.67 Å². The second-order valence-electron chi connectivity index (χ2n) is 3.87. The Balaban J connectivity index is 2.18. The Kier molecular flexibility index (Phi) is 2.94. The minimum atomic E-state index is 1.02. The molecular weight excluding hydrogens is 290 g/mol. The van der Waals surface area contributed by atoms with Gasteiger partial charge in [0, 0.05) is 10.0 Å². The number of benzene rings is 2. The van der Waals surface area contributed by atoms with E-state index in [1.807, 2.05) is 30.3 Å². The molecular formula is C14H10BrN3. The summed E-state index contributed by atoms with van der Waals surface area (Å²) in [7, 11) is 0. The van der Waals surface area contributed by atoms with Crippen LogP contribution >= 0.6 is 15.9 Å². The van der Waals surface area contributed by atoms with Gasteiger partial charge in [0.05, 0.1) is 5.69 Å². The number of halogens is 1. The largest absolute Gasteiger partial charge is 0.223 e. The Morgan fingerprint density at radius 1 is 1.00 bits per heavy atom. The minimum absolute atomic E-state index is 1.02. The average molecular weight is 300 g/mol. The van der Waals surface area contributed by atoms with Crippen LogP contribution in [0, 0.1) is 0 Å². The molecule has 0 aliphatic heterocycles. The molecule has 3 aromatic rings. The molecule has 4 heteroatoms. The molecule has 0 saturated heterocycles. The third-order valence-electron chi connectivity index (χ3n) is 2.71. The number of aromatic nitrogens is 3. The molecule has 0 unspecified atom stereocenters. The van der Waals surface area contributed by atoms with Gasteiger partial charge in [0.25, 0.3) is 0 Å². The molecule has 1 aromatic heterocycles. The van der Waals surface area contributed by atoms with E-state index < -0.39 is 0 Å². The van der Waals surface area contributed by atoms with Crippen molar-refractivity contribution in [3.05, 3.63) is 65.7 Å². The van der Waals surface area contributed by atoms with E-state index in [-0.39, 0.29) is 0 Å². The third kappa shape index (κ3) is 2.07. The lowest BCUT2D eigenvalue weighted by Gasteiger charge is -2.09. The molecule has 0 aliphatic carbocycles. The molecule has 2 aromatic carbocycles. The van der Waals surface area contributed by atoms with Gasteiger partial charge in [-0.1, -0.05) is 46.3 Å². The van der Waals surface area contributed by atoms with Crippen LogP contribution in [0.3, 0.4) is 0 Å². The second kappa shape index (κ2) is 4.74. The predicted molar refractivity (Wildman–Crippen MR) is 74.5 cm³/mol. The molecule has 0 saturated carbocycles. The van der Waals surface area contributed by atoms with Gasteiger partial charge in [0.15, 0.2) is 0 Å². The van der Waals surface area contributed by atoms with Gasteiger partial charge in [0.2, 0.25) is 0 Å². The summed E-state index contributed by atoms with van der Waals surface area (Å²) in [6.45, 7) is 0. The van der Waals surface area contributed by atoms with E-state index in [9.17, 15) is 0 Å². The van der Waals surface area contributed by atoms with E-state index in [1.54, 1.807) is 11.0 Å². The van der Waals surface area contributed by atoms with Crippen molar-refractivity contribution in [2.75, 3.05) is 0 Å². The van der Waals surface area contributed by atoms with Gasteiger partial charge in [-0.3, -0.25) is 0 Å². The maximum absolute atomic E-state index is 4.19. The molecule has 1 heterocycles. The first-order chi connectivity index (χ1) is 8.84. The monoisotopic (exact) mass is 299 g/mol. The first kappa shape index (κ1) is 11.2. The van der Waals surface area contributed by atoms with Crippen LogP contribution in [0.1, 0.15) is 0 Å². The fourth-order valence-electron chi connectivity index (χ4n) is 1.91. The Labute approximate surface area is 113 Å². The van der Waals surface area contributed by atoms with Crippen molar-refractivity contribution in [1.29, 1.82) is 0 Å². The quantitative estimate of drug-likeness (QED) is 0.722. The van der Waals surface area contributed by atoms with Crippen molar-refractivity contribution >= 4 is 15.9 Å². The van der Waals surface area contributed by atoms with E-state index in [2.05, 4.69) is 44.2 Å². The highest BCUT2D eigenvalue weighted by molar-refractivity contribution is 9.10. The lowest BCUT2D eigenvalue weighted by atomic mass is 10.0. The zero-order valence-corrected chi connectivity index (χ0v) is 11.1. The minimum Gasteiger partial charge on any atom is -0.223 e. The van der Waals surface area contributed by atoms with Crippen LogP contribution in [-0.4, -0.2) is 14.8 Å². The van der Waals surface area contributed by atoms with Gasteiger partial charge in [0.1, 0.15) is 12.7 Å². The van der Waals surface area contributed by atoms with Crippen LogP contribution in [0.5, 0.6) is 0 Å². The summed E-state index contributed by atoms with van der Waals surface area (Å²) < 4.78 is 2.84. The van der Waals surface area contributed by atoms with Crippen molar-refractivity contribution in [3.63, 3.8) is 0 Å². The van der Waals surface area contributed by atoms with Crippen LogP contribution in [0.2, 0.25) is 0 Å². The summed E-state index contributed by atoms with van der Waals surface area (Å²) in [4.78, 5) is 3.99. The summed E-state index contributed by atoms with van der Waals surface area (Å²) in [6, 6.07) is 16.4. The highest BCUT2D eigenvalue weighted by Crippen LogP contribution is 2.27. The van der Waals surface area contributed by atoms with E-state index in [1.165, 1.54) is 6.33 Å². The molecule has 0 fully saturated rings. The molecule has 0 amide bonds. The molecule has 0 radical (unpaired) electrons. The Hall–Kier alpha value is -1.94. The van der Waals surface area contributed by atoms with Crippen LogP contribution < -0.4 is 0 Å². The third-order valence-corrected chi connectivity index (χ3v) is 3.20. The maximum atomic E-state index is 4.19. The highest BCUT2D eigenvalue weighted by Gasteiger charge is 2.06. The van der Waals surface area contributed by atoms with Crippen LogP contribution in [-0.2, 0) is 0 Å². The highest BCUT2D eigenvalue weighted by atomic mass is 79.9. The summed E-state index contributed by atoms with van der Waals surface area (Å²) in [5.41, 5.74) is 3.30. The SMILES string of the molecule is Brc1cccc(-c2ccccc2-n2cncn2)c1. The van der Waals surface area contributed by atoms with E-state index in [4.69, 9.17) is 0 Å².